The number of benzene rings is 4. The van der Waals surface area contributed by atoms with Gasteiger partial charge >= 0.3 is 0 Å². The van der Waals surface area contributed by atoms with Crippen molar-refractivity contribution in [1.82, 2.24) is 0 Å². The van der Waals surface area contributed by atoms with Gasteiger partial charge in [0.2, 0.25) is 0 Å². The first-order valence-electron chi connectivity index (χ1n) is 14.1. The molecule has 45 heavy (non-hydrogen) atoms. The highest BCUT2D eigenvalue weighted by molar-refractivity contribution is 7.86. The van der Waals surface area contributed by atoms with Crippen LogP contribution < -0.4 is 4.90 Å². The van der Waals surface area contributed by atoms with E-state index in [1.54, 1.807) is 18.2 Å². The summed E-state index contributed by atoms with van der Waals surface area (Å²) in [7, 11) is -4.93. The molecule has 5 rings (SSSR count). The highest BCUT2D eigenvalue weighted by Crippen LogP contribution is 2.32. The molecule has 0 heterocycles. The zero-order chi connectivity index (χ0) is 32.2. The first-order valence-corrected chi connectivity index (χ1v) is 17.0. The minimum atomic E-state index is -4.49. The number of allylic oxidation sites excluding steroid dienone is 5. The minimum absolute atomic E-state index is 0.0899. The summed E-state index contributed by atoms with van der Waals surface area (Å²) in [5.74, 6) is 0. The van der Waals surface area contributed by atoms with E-state index in [-0.39, 0.29) is 22.9 Å². The molecule has 0 saturated carbocycles. The van der Waals surface area contributed by atoms with E-state index in [0.29, 0.717) is 11.1 Å². The lowest BCUT2D eigenvalue weighted by atomic mass is 9.90. The molecule has 0 fully saturated rings. The Kier molecular flexibility index (Phi) is 9.31. The Morgan fingerprint density at radius 1 is 0.667 bits per heavy atom. The summed E-state index contributed by atoms with van der Waals surface area (Å²) in [6.45, 7) is 0.274. The van der Waals surface area contributed by atoms with Crippen molar-refractivity contribution < 1.29 is 30.5 Å². The summed E-state index contributed by atoms with van der Waals surface area (Å²) < 4.78 is 69.5. The topological polar surface area (TPSA) is 115 Å². The van der Waals surface area contributed by atoms with Gasteiger partial charge in [-0.25, -0.2) is 4.58 Å². The Bertz CT molecular complexity index is 2040. The highest BCUT2D eigenvalue weighted by Gasteiger charge is 2.20. The molecule has 10 heteroatoms. The summed E-state index contributed by atoms with van der Waals surface area (Å²) in [5.41, 5.74) is 6.86. The maximum atomic E-state index is 12.2. The van der Waals surface area contributed by atoms with Gasteiger partial charge < -0.3 is 4.90 Å². The van der Waals surface area contributed by atoms with E-state index >= 15 is 0 Å². The van der Waals surface area contributed by atoms with Gasteiger partial charge in [0.1, 0.15) is 14.1 Å². The van der Waals surface area contributed by atoms with Crippen molar-refractivity contribution in [1.29, 1.82) is 0 Å². The van der Waals surface area contributed by atoms with Crippen LogP contribution in [0.2, 0.25) is 0 Å². The zero-order valence-corrected chi connectivity index (χ0v) is 26.4. The van der Waals surface area contributed by atoms with Crippen LogP contribution in [0.5, 0.6) is 0 Å². The number of hydrogen-bond acceptors (Lipinski definition) is 5. The maximum absolute atomic E-state index is 12.2. The van der Waals surface area contributed by atoms with Gasteiger partial charge in [-0.1, -0.05) is 72.8 Å². The van der Waals surface area contributed by atoms with E-state index < -0.39 is 20.2 Å². The lowest BCUT2D eigenvalue weighted by molar-refractivity contribution is -0.462. The van der Waals surface area contributed by atoms with Gasteiger partial charge in [0, 0.05) is 30.9 Å². The van der Waals surface area contributed by atoms with Gasteiger partial charge in [0.25, 0.3) is 20.2 Å². The highest BCUT2D eigenvalue weighted by atomic mass is 32.2. The predicted molar refractivity (Wildman–Crippen MR) is 177 cm³/mol. The third-order valence-corrected chi connectivity index (χ3v) is 9.24. The Morgan fingerprint density at radius 3 is 1.91 bits per heavy atom. The second-order valence-electron chi connectivity index (χ2n) is 10.8. The molecule has 0 radical (unpaired) electrons. The van der Waals surface area contributed by atoms with Crippen LogP contribution in [-0.4, -0.2) is 50.3 Å². The van der Waals surface area contributed by atoms with Crippen LogP contribution in [0.25, 0.3) is 5.57 Å². The van der Waals surface area contributed by atoms with Crippen molar-refractivity contribution in [2.24, 2.45) is 0 Å². The Hall–Kier alpha value is -4.61. The van der Waals surface area contributed by atoms with E-state index in [2.05, 4.69) is 36.4 Å². The number of hydrogen-bond donors (Lipinski definition) is 2. The molecule has 0 atom stereocenters. The fraction of sp³-hybridized carbons (Fsp3) is 0.114. The molecule has 0 bridgehead atoms. The average molecular weight is 642 g/mol. The average Bonchev–Trinajstić information content (AvgIpc) is 3.01. The Labute approximate surface area is 264 Å². The Morgan fingerprint density at radius 2 is 1.29 bits per heavy atom. The molecule has 1 aliphatic rings. The van der Waals surface area contributed by atoms with E-state index in [4.69, 9.17) is 0 Å². The second-order valence-corrected chi connectivity index (χ2v) is 13.6. The lowest BCUT2D eigenvalue weighted by Crippen LogP contribution is -2.23. The summed E-state index contributed by atoms with van der Waals surface area (Å²) in [5, 5.41) is 0. The summed E-state index contributed by atoms with van der Waals surface area (Å²) in [6, 6.07) is 30.0. The van der Waals surface area contributed by atoms with Crippen molar-refractivity contribution in [2.75, 3.05) is 19.0 Å². The monoisotopic (exact) mass is 641 g/mol. The van der Waals surface area contributed by atoms with Crippen molar-refractivity contribution in [2.45, 2.75) is 22.9 Å². The predicted octanol–water partition coefficient (Wildman–Crippen LogP) is 6.03. The van der Waals surface area contributed by atoms with Crippen molar-refractivity contribution in [3.8, 4) is 0 Å². The third-order valence-electron chi connectivity index (χ3n) is 7.44. The van der Waals surface area contributed by atoms with Gasteiger partial charge in [0.05, 0.1) is 9.79 Å². The molecule has 0 aromatic heterocycles. The van der Waals surface area contributed by atoms with Crippen LogP contribution in [0.1, 0.15) is 22.3 Å². The van der Waals surface area contributed by atoms with Crippen molar-refractivity contribution >= 4 is 37.2 Å². The molecule has 0 saturated heterocycles. The van der Waals surface area contributed by atoms with Crippen molar-refractivity contribution in [3.63, 3.8) is 0 Å². The minimum Gasteiger partial charge on any atom is -0.363 e. The first-order chi connectivity index (χ1) is 21.4. The Balaban J connectivity index is 1.58. The summed E-state index contributed by atoms with van der Waals surface area (Å²) in [6.07, 6.45) is 8.32. The fourth-order valence-corrected chi connectivity index (χ4v) is 6.49. The van der Waals surface area contributed by atoms with Gasteiger partial charge in [0.15, 0.2) is 5.71 Å². The van der Waals surface area contributed by atoms with Gasteiger partial charge in [-0.15, -0.1) is 0 Å². The molecule has 0 unspecified atom stereocenters. The number of anilines is 1. The number of nitrogens with zero attached hydrogens (tertiary/aromatic N) is 2. The lowest BCUT2D eigenvalue weighted by Gasteiger charge is -2.26. The van der Waals surface area contributed by atoms with Crippen LogP contribution >= 0.6 is 0 Å². The van der Waals surface area contributed by atoms with Crippen LogP contribution in [0.15, 0.2) is 143 Å². The van der Waals surface area contributed by atoms with Gasteiger partial charge in [-0.3, -0.25) is 9.11 Å². The molecule has 230 valence electrons. The zero-order valence-electron chi connectivity index (χ0n) is 24.8. The second kappa shape index (κ2) is 13.2. The molecule has 4 aromatic carbocycles. The van der Waals surface area contributed by atoms with Crippen molar-refractivity contribution in [3.05, 3.63) is 155 Å². The van der Waals surface area contributed by atoms with E-state index in [0.717, 1.165) is 33.7 Å². The molecule has 0 aliphatic heterocycles. The molecule has 4 aromatic rings. The van der Waals surface area contributed by atoms with E-state index in [1.807, 2.05) is 66.0 Å². The largest absolute Gasteiger partial charge is 0.363 e. The standard InChI is InChI=1S/C35H32N2O6S2/c1-36(2)31-19-15-28(16-20-31)35(27-10-4-3-5-11-27)29-17-21-32(22-18-29)37(24-26-9-8-13-33(23-26)44(38,39)40)25-30-12-6-7-14-34(30)45(41,42)43/h3-23H,24-25H2,1-2H3,(H-,38,39,40,41,42,43)/p+1. The smallest absolute Gasteiger partial charge is 0.294 e. The SMILES string of the molecule is C[N+](C)=C1C=CC(=C(c2ccccc2)c2ccc(N(Cc3cccc(S(=O)(=O)O)c3)Cc3ccccc3S(=O)(=O)O)cc2)C=C1. The summed E-state index contributed by atoms with van der Waals surface area (Å²) >= 11 is 0. The maximum Gasteiger partial charge on any atom is 0.294 e. The first kappa shape index (κ1) is 31.8. The normalized spacial score (nSPS) is 13.2. The summed E-state index contributed by atoms with van der Waals surface area (Å²) in [4.78, 5) is 1.43. The number of rotatable bonds is 9. The van der Waals surface area contributed by atoms with E-state index in [9.17, 15) is 25.9 Å². The van der Waals surface area contributed by atoms with Crippen LogP contribution in [0.4, 0.5) is 5.69 Å². The molecular formula is C35H33N2O6S2+. The van der Waals surface area contributed by atoms with Crippen LogP contribution in [0, 0.1) is 0 Å². The third kappa shape index (κ3) is 7.73. The van der Waals surface area contributed by atoms with Crippen LogP contribution in [0.3, 0.4) is 0 Å². The molecule has 2 N–H and O–H groups in total. The molecule has 1 aliphatic carbocycles. The quantitative estimate of drug-likeness (QED) is 0.170. The molecule has 8 nitrogen and oxygen atoms in total. The van der Waals surface area contributed by atoms with E-state index in [1.165, 1.54) is 30.3 Å². The van der Waals surface area contributed by atoms with Gasteiger partial charge in [-0.05, 0) is 75.9 Å². The fourth-order valence-electron chi connectivity index (χ4n) is 5.22. The molecular weight excluding hydrogens is 609 g/mol. The van der Waals surface area contributed by atoms with Gasteiger partial charge in [-0.2, -0.15) is 16.8 Å². The van der Waals surface area contributed by atoms with Crippen LogP contribution in [-0.2, 0) is 33.3 Å². The molecule has 0 amide bonds. The molecule has 0 spiro atoms.